The number of rotatable bonds is 2. The van der Waals surface area contributed by atoms with Crippen LogP contribution in [-0.4, -0.2) is 23.0 Å². The zero-order chi connectivity index (χ0) is 15.0. The summed E-state index contributed by atoms with van der Waals surface area (Å²) in [6.07, 6.45) is -6.00. The standard InChI is InChI=1S/C9H5Cl2F5N2O/c1-3-2-4(10)17-6(11)5(3)18-7(19)8(12,13)9(14,15)16/h2H,1H3,(H,18,19). The third-order valence-electron chi connectivity index (χ3n) is 2.02. The Bertz CT molecular complexity index is 495. The number of hydrogen-bond acceptors (Lipinski definition) is 2. The normalized spacial score (nSPS) is 12.4. The number of alkyl halides is 5. The van der Waals surface area contributed by atoms with Crippen LogP contribution in [0, 0.1) is 6.92 Å². The molecular weight excluding hydrogens is 318 g/mol. The first-order valence-corrected chi connectivity index (χ1v) is 5.31. The Hall–Kier alpha value is -1.15. The Morgan fingerprint density at radius 3 is 2.21 bits per heavy atom. The molecule has 0 aromatic carbocycles. The number of anilines is 1. The quantitative estimate of drug-likeness (QED) is 0.664. The Kier molecular flexibility index (Phi) is 4.26. The molecule has 1 amide bonds. The highest BCUT2D eigenvalue weighted by Crippen LogP contribution is 2.37. The molecule has 0 unspecified atom stereocenters. The zero-order valence-corrected chi connectivity index (χ0v) is 10.6. The van der Waals surface area contributed by atoms with Crippen LogP contribution in [0.5, 0.6) is 0 Å². The first-order valence-electron chi connectivity index (χ1n) is 4.55. The highest BCUT2D eigenvalue weighted by molar-refractivity contribution is 6.34. The number of pyridine rings is 1. The van der Waals surface area contributed by atoms with E-state index in [0.29, 0.717) is 0 Å². The third kappa shape index (κ3) is 3.24. The van der Waals surface area contributed by atoms with Gasteiger partial charge in [0.15, 0.2) is 5.15 Å². The Balaban J connectivity index is 3.08. The minimum absolute atomic E-state index is 0.0938. The molecule has 19 heavy (non-hydrogen) atoms. The topological polar surface area (TPSA) is 42.0 Å². The lowest BCUT2D eigenvalue weighted by atomic mass is 10.2. The number of nitrogens with zero attached hydrogens (tertiary/aromatic N) is 1. The summed E-state index contributed by atoms with van der Waals surface area (Å²) in [6.45, 7) is 1.31. The fourth-order valence-electron chi connectivity index (χ4n) is 1.07. The highest BCUT2D eigenvalue weighted by Gasteiger charge is 2.63. The molecule has 1 aromatic heterocycles. The number of carbonyl (C=O) groups excluding carboxylic acids is 1. The van der Waals surface area contributed by atoms with Gasteiger partial charge in [-0.25, -0.2) is 4.98 Å². The second kappa shape index (κ2) is 5.09. The maximum Gasteiger partial charge on any atom is 0.463 e. The fourth-order valence-corrected chi connectivity index (χ4v) is 1.65. The molecule has 1 N–H and O–H groups in total. The molecule has 0 bridgehead atoms. The van der Waals surface area contributed by atoms with E-state index in [1.807, 2.05) is 0 Å². The second-order valence-electron chi connectivity index (χ2n) is 3.45. The van der Waals surface area contributed by atoms with Crippen LogP contribution in [-0.2, 0) is 4.79 Å². The van der Waals surface area contributed by atoms with E-state index in [4.69, 9.17) is 23.2 Å². The number of carbonyl (C=O) groups is 1. The smallest absolute Gasteiger partial charge is 0.318 e. The van der Waals surface area contributed by atoms with Crippen molar-refractivity contribution in [2.24, 2.45) is 0 Å². The first kappa shape index (κ1) is 15.9. The summed E-state index contributed by atoms with van der Waals surface area (Å²) in [4.78, 5) is 14.4. The largest absolute Gasteiger partial charge is 0.463 e. The second-order valence-corrected chi connectivity index (χ2v) is 4.20. The molecule has 0 spiro atoms. The lowest BCUT2D eigenvalue weighted by molar-refractivity contribution is -0.267. The number of amides is 1. The van der Waals surface area contributed by atoms with Gasteiger partial charge >= 0.3 is 18.0 Å². The summed E-state index contributed by atoms with van der Waals surface area (Å²) >= 11 is 11.0. The lowest BCUT2D eigenvalue weighted by Gasteiger charge is -2.19. The van der Waals surface area contributed by atoms with Crippen LogP contribution >= 0.6 is 23.2 Å². The van der Waals surface area contributed by atoms with Gasteiger partial charge in [-0.2, -0.15) is 22.0 Å². The molecule has 0 radical (unpaired) electrons. The van der Waals surface area contributed by atoms with Crippen LogP contribution in [0.1, 0.15) is 5.56 Å². The van der Waals surface area contributed by atoms with Crippen LogP contribution in [0.2, 0.25) is 10.3 Å². The fraction of sp³-hybridized carbons (Fsp3) is 0.333. The van der Waals surface area contributed by atoms with Gasteiger partial charge in [0.2, 0.25) is 0 Å². The van der Waals surface area contributed by atoms with Crippen LogP contribution in [0.25, 0.3) is 0 Å². The minimum atomic E-state index is -6.00. The van der Waals surface area contributed by atoms with Crippen molar-refractivity contribution < 1.29 is 26.7 Å². The van der Waals surface area contributed by atoms with Gasteiger partial charge in [-0.15, -0.1) is 0 Å². The van der Waals surface area contributed by atoms with Crippen molar-refractivity contribution >= 4 is 34.8 Å². The monoisotopic (exact) mass is 322 g/mol. The van der Waals surface area contributed by atoms with E-state index in [-0.39, 0.29) is 10.7 Å². The maximum absolute atomic E-state index is 12.7. The summed E-state index contributed by atoms with van der Waals surface area (Å²) in [5.74, 6) is -8.09. The van der Waals surface area contributed by atoms with Crippen molar-refractivity contribution in [2.45, 2.75) is 19.0 Å². The molecule has 1 heterocycles. The van der Waals surface area contributed by atoms with Crippen LogP contribution in [0.4, 0.5) is 27.6 Å². The molecular formula is C9H5Cl2F5N2O. The lowest BCUT2D eigenvalue weighted by Crippen LogP contribution is -2.47. The van der Waals surface area contributed by atoms with Crippen molar-refractivity contribution in [1.82, 2.24) is 4.98 Å². The Morgan fingerprint density at radius 1 is 1.26 bits per heavy atom. The SMILES string of the molecule is Cc1cc(Cl)nc(Cl)c1NC(=O)C(F)(F)C(F)(F)F. The molecule has 0 aliphatic carbocycles. The van der Waals surface area contributed by atoms with Crippen LogP contribution < -0.4 is 5.32 Å². The van der Waals surface area contributed by atoms with Crippen LogP contribution in [0.3, 0.4) is 0 Å². The first-order chi connectivity index (χ1) is 8.46. The summed E-state index contributed by atoms with van der Waals surface area (Å²) in [7, 11) is 0. The number of nitrogens with one attached hydrogen (secondary N) is 1. The minimum Gasteiger partial charge on any atom is -0.318 e. The van der Waals surface area contributed by atoms with Gasteiger partial charge in [0.05, 0.1) is 5.69 Å². The van der Waals surface area contributed by atoms with Gasteiger partial charge in [-0.3, -0.25) is 4.79 Å². The predicted molar refractivity (Wildman–Crippen MR) is 58.6 cm³/mol. The summed E-state index contributed by atoms with van der Waals surface area (Å²) in [6, 6.07) is 1.15. The molecule has 0 fully saturated rings. The van der Waals surface area contributed by atoms with Gasteiger partial charge in [0, 0.05) is 0 Å². The van der Waals surface area contributed by atoms with E-state index in [1.165, 1.54) is 12.2 Å². The van der Waals surface area contributed by atoms with E-state index < -0.39 is 28.8 Å². The van der Waals surface area contributed by atoms with Gasteiger partial charge < -0.3 is 5.32 Å². The third-order valence-corrected chi connectivity index (χ3v) is 2.49. The molecule has 0 saturated carbocycles. The number of aromatic nitrogens is 1. The average Bonchev–Trinajstić information content (AvgIpc) is 2.21. The van der Waals surface area contributed by atoms with Crippen molar-refractivity contribution in [3.63, 3.8) is 0 Å². The molecule has 0 atom stereocenters. The van der Waals surface area contributed by atoms with Crippen molar-refractivity contribution in [3.05, 3.63) is 21.9 Å². The van der Waals surface area contributed by atoms with Crippen molar-refractivity contribution in [3.8, 4) is 0 Å². The Labute approximate surface area is 113 Å². The molecule has 3 nitrogen and oxygen atoms in total. The maximum atomic E-state index is 12.7. The predicted octanol–water partition coefficient (Wildman–Crippen LogP) is 3.83. The van der Waals surface area contributed by atoms with Crippen LogP contribution in [0.15, 0.2) is 6.07 Å². The molecule has 1 rings (SSSR count). The van der Waals surface area contributed by atoms with Crippen molar-refractivity contribution in [1.29, 1.82) is 0 Å². The molecule has 10 heteroatoms. The number of halogens is 7. The average molecular weight is 323 g/mol. The Morgan fingerprint density at radius 2 is 1.79 bits per heavy atom. The zero-order valence-electron chi connectivity index (χ0n) is 9.08. The molecule has 0 aliphatic rings. The molecule has 106 valence electrons. The van der Waals surface area contributed by atoms with Gasteiger partial charge in [0.25, 0.3) is 0 Å². The molecule has 1 aromatic rings. The van der Waals surface area contributed by atoms with E-state index in [9.17, 15) is 26.7 Å². The highest BCUT2D eigenvalue weighted by atomic mass is 35.5. The van der Waals surface area contributed by atoms with E-state index in [0.717, 1.165) is 6.07 Å². The summed E-state index contributed by atoms with van der Waals surface area (Å²) in [5, 5.41) is 0.807. The number of aryl methyl sites for hydroxylation is 1. The van der Waals surface area contributed by atoms with E-state index in [1.54, 1.807) is 0 Å². The van der Waals surface area contributed by atoms with E-state index in [2.05, 4.69) is 4.98 Å². The van der Waals surface area contributed by atoms with Gasteiger partial charge in [0.1, 0.15) is 5.15 Å². The summed E-state index contributed by atoms with van der Waals surface area (Å²) < 4.78 is 61.4. The number of hydrogen-bond donors (Lipinski definition) is 1. The summed E-state index contributed by atoms with van der Waals surface area (Å²) in [5.41, 5.74) is -0.365. The molecule has 0 saturated heterocycles. The molecule has 0 aliphatic heterocycles. The van der Waals surface area contributed by atoms with Gasteiger partial charge in [-0.05, 0) is 18.6 Å². The van der Waals surface area contributed by atoms with E-state index >= 15 is 0 Å². The van der Waals surface area contributed by atoms with Gasteiger partial charge in [-0.1, -0.05) is 23.2 Å². The van der Waals surface area contributed by atoms with Crippen molar-refractivity contribution in [2.75, 3.05) is 5.32 Å².